The number of esters is 1. The van der Waals surface area contributed by atoms with Crippen molar-refractivity contribution in [1.29, 1.82) is 0 Å². The first kappa shape index (κ1) is 25.2. The summed E-state index contributed by atoms with van der Waals surface area (Å²) in [6.45, 7) is 3.58. The van der Waals surface area contributed by atoms with Crippen molar-refractivity contribution in [2.24, 2.45) is 0 Å². The molecule has 0 spiro atoms. The van der Waals surface area contributed by atoms with Crippen LogP contribution in [0, 0.1) is 0 Å². The molecule has 1 aliphatic rings. The molecule has 0 radical (unpaired) electrons. The van der Waals surface area contributed by atoms with Crippen LogP contribution in [0.25, 0.3) is 10.8 Å². The summed E-state index contributed by atoms with van der Waals surface area (Å²) >= 11 is 0. The third-order valence-corrected chi connectivity index (χ3v) is 6.38. The molecule has 0 bridgehead atoms. The van der Waals surface area contributed by atoms with Crippen molar-refractivity contribution in [3.8, 4) is 11.5 Å². The first-order valence-corrected chi connectivity index (χ1v) is 12.1. The average molecular weight is 491 g/mol. The Morgan fingerprint density at radius 3 is 2.33 bits per heavy atom. The lowest BCUT2D eigenvalue weighted by Crippen LogP contribution is -2.27. The number of fused-ring (bicyclic) bond motifs is 1. The number of aromatic nitrogens is 1. The van der Waals surface area contributed by atoms with Crippen molar-refractivity contribution in [2.45, 2.75) is 32.6 Å². The van der Waals surface area contributed by atoms with Crippen molar-refractivity contribution in [2.75, 3.05) is 33.9 Å². The third-order valence-electron chi connectivity index (χ3n) is 6.38. The van der Waals surface area contributed by atoms with Gasteiger partial charge in [0.25, 0.3) is 0 Å². The molecule has 188 valence electrons. The van der Waals surface area contributed by atoms with Gasteiger partial charge in [-0.15, -0.1) is 0 Å². The van der Waals surface area contributed by atoms with E-state index in [2.05, 4.69) is 4.98 Å². The van der Waals surface area contributed by atoms with E-state index in [4.69, 9.17) is 14.2 Å². The van der Waals surface area contributed by atoms with Gasteiger partial charge in [0.2, 0.25) is 11.7 Å². The second-order valence-corrected chi connectivity index (χ2v) is 8.61. The zero-order valence-electron chi connectivity index (χ0n) is 20.8. The summed E-state index contributed by atoms with van der Waals surface area (Å²) in [5.74, 6) is 0.148. The number of carbonyl (C=O) groups excluding carboxylic acids is 3. The molecule has 3 aromatic rings. The Morgan fingerprint density at radius 1 is 0.972 bits per heavy atom. The molecule has 4 rings (SSSR count). The number of pyridine rings is 1. The summed E-state index contributed by atoms with van der Waals surface area (Å²) < 4.78 is 16.0. The second kappa shape index (κ2) is 11.2. The average Bonchev–Trinajstić information content (AvgIpc) is 3.45. The summed E-state index contributed by atoms with van der Waals surface area (Å²) in [5.41, 5.74) is 1.77. The fourth-order valence-corrected chi connectivity index (χ4v) is 4.50. The van der Waals surface area contributed by atoms with E-state index >= 15 is 0 Å². The summed E-state index contributed by atoms with van der Waals surface area (Å²) in [4.78, 5) is 44.9. The second-order valence-electron chi connectivity index (χ2n) is 8.61. The van der Waals surface area contributed by atoms with Gasteiger partial charge in [0, 0.05) is 42.0 Å². The Morgan fingerprint density at radius 2 is 1.67 bits per heavy atom. The summed E-state index contributed by atoms with van der Waals surface area (Å²) in [6.07, 6.45) is 4.43. The van der Waals surface area contributed by atoms with Crippen molar-refractivity contribution in [3.63, 3.8) is 0 Å². The van der Waals surface area contributed by atoms with Crippen LogP contribution in [0.2, 0.25) is 0 Å². The molecule has 0 N–H and O–H groups in total. The number of hydrogen-bond acceptors (Lipinski definition) is 7. The maximum absolute atomic E-state index is 13.6. The van der Waals surface area contributed by atoms with E-state index in [1.807, 2.05) is 17.0 Å². The number of methoxy groups -OCH3 is 2. The van der Waals surface area contributed by atoms with Crippen LogP contribution in [-0.4, -0.2) is 61.5 Å². The van der Waals surface area contributed by atoms with Gasteiger partial charge in [-0.05, 0) is 49.9 Å². The highest BCUT2D eigenvalue weighted by Crippen LogP contribution is 2.35. The smallest absolute Gasteiger partial charge is 0.340 e. The van der Waals surface area contributed by atoms with E-state index in [9.17, 15) is 14.4 Å². The molecule has 1 fully saturated rings. The molecular weight excluding hydrogens is 460 g/mol. The molecule has 1 saturated heterocycles. The van der Waals surface area contributed by atoms with Crippen LogP contribution in [-0.2, 0) is 16.0 Å². The maximum Gasteiger partial charge on any atom is 0.340 e. The number of likely N-dealkylation sites (tertiary alicyclic amines) is 1. The number of amides is 1. The molecule has 2 heterocycles. The predicted molar refractivity (Wildman–Crippen MR) is 135 cm³/mol. The Bertz CT molecular complexity index is 1300. The summed E-state index contributed by atoms with van der Waals surface area (Å²) in [6, 6.07) is 10.5. The number of aryl methyl sites for hydroxylation is 1. The van der Waals surface area contributed by atoms with E-state index < -0.39 is 5.97 Å². The highest BCUT2D eigenvalue weighted by Gasteiger charge is 2.23. The lowest BCUT2D eigenvalue weighted by molar-refractivity contribution is -0.130. The van der Waals surface area contributed by atoms with Crippen LogP contribution in [0.4, 0.5) is 0 Å². The van der Waals surface area contributed by atoms with E-state index in [-0.39, 0.29) is 29.6 Å². The Balaban J connectivity index is 1.68. The molecule has 8 nitrogen and oxygen atoms in total. The van der Waals surface area contributed by atoms with Gasteiger partial charge in [-0.1, -0.05) is 18.2 Å². The molecular formula is C28H30N2O6. The molecule has 2 aromatic carbocycles. The van der Waals surface area contributed by atoms with Crippen LogP contribution in [0.1, 0.15) is 58.2 Å². The zero-order valence-corrected chi connectivity index (χ0v) is 20.8. The van der Waals surface area contributed by atoms with E-state index in [0.29, 0.717) is 40.7 Å². The van der Waals surface area contributed by atoms with Crippen molar-refractivity contribution >= 4 is 28.4 Å². The molecule has 1 amide bonds. The number of rotatable bonds is 9. The lowest BCUT2D eigenvalue weighted by atomic mass is 9.97. The van der Waals surface area contributed by atoms with Crippen molar-refractivity contribution in [1.82, 2.24) is 9.88 Å². The van der Waals surface area contributed by atoms with Crippen LogP contribution >= 0.6 is 0 Å². The molecule has 0 saturated carbocycles. The Hall–Kier alpha value is -3.94. The standard InChI is InChI=1S/C28H30N2O6/c1-4-36-28(33)22-17-29-26(21-16-24(35-3)23(34-2)15-20(21)22)27(32)19-9-7-8-18(14-19)10-11-25(31)30-12-5-6-13-30/h7-9,14-17H,4-6,10-13H2,1-3H3. The quantitative estimate of drug-likeness (QED) is 0.327. The highest BCUT2D eigenvalue weighted by molar-refractivity contribution is 6.18. The SMILES string of the molecule is CCOC(=O)c1cnc(C(=O)c2cccc(CCC(=O)N3CCCC3)c2)c2cc(OC)c(OC)cc12. The number of ether oxygens (including phenoxy) is 3. The number of hydrogen-bond donors (Lipinski definition) is 0. The van der Waals surface area contributed by atoms with E-state index in [1.54, 1.807) is 31.2 Å². The minimum atomic E-state index is -0.536. The van der Waals surface area contributed by atoms with Crippen LogP contribution in [0.5, 0.6) is 11.5 Å². The molecule has 36 heavy (non-hydrogen) atoms. The fourth-order valence-electron chi connectivity index (χ4n) is 4.50. The van der Waals surface area contributed by atoms with E-state index in [0.717, 1.165) is 31.5 Å². The van der Waals surface area contributed by atoms with Gasteiger partial charge in [-0.25, -0.2) is 4.79 Å². The summed E-state index contributed by atoms with van der Waals surface area (Å²) in [7, 11) is 3.00. The van der Waals surface area contributed by atoms with Crippen molar-refractivity contribution < 1.29 is 28.6 Å². The fraction of sp³-hybridized carbons (Fsp3) is 0.357. The molecule has 1 aliphatic heterocycles. The van der Waals surface area contributed by atoms with Crippen LogP contribution in [0.15, 0.2) is 42.6 Å². The molecule has 8 heteroatoms. The maximum atomic E-state index is 13.6. The van der Waals surface area contributed by atoms with E-state index in [1.165, 1.54) is 20.4 Å². The normalized spacial score (nSPS) is 13.0. The Kier molecular flexibility index (Phi) is 7.83. The largest absolute Gasteiger partial charge is 0.493 e. The minimum Gasteiger partial charge on any atom is -0.493 e. The van der Waals surface area contributed by atoms with Gasteiger partial charge in [-0.2, -0.15) is 0 Å². The predicted octanol–water partition coefficient (Wildman–Crippen LogP) is 4.21. The van der Waals surface area contributed by atoms with Gasteiger partial charge in [-0.3, -0.25) is 14.6 Å². The molecule has 1 aromatic heterocycles. The molecule has 0 aliphatic carbocycles. The minimum absolute atomic E-state index is 0.146. The van der Waals surface area contributed by atoms with Gasteiger partial charge in [0.1, 0.15) is 5.69 Å². The first-order chi connectivity index (χ1) is 17.5. The first-order valence-electron chi connectivity index (χ1n) is 12.1. The number of ketones is 1. The third kappa shape index (κ3) is 5.17. The number of carbonyl (C=O) groups is 3. The van der Waals surface area contributed by atoms with Crippen LogP contribution < -0.4 is 9.47 Å². The molecule has 0 unspecified atom stereocenters. The Labute approximate surface area is 210 Å². The van der Waals surface area contributed by atoms with Gasteiger partial charge >= 0.3 is 5.97 Å². The van der Waals surface area contributed by atoms with Gasteiger partial charge in [0.05, 0.1) is 26.4 Å². The van der Waals surface area contributed by atoms with Crippen LogP contribution in [0.3, 0.4) is 0 Å². The monoisotopic (exact) mass is 490 g/mol. The van der Waals surface area contributed by atoms with Crippen molar-refractivity contribution in [3.05, 3.63) is 65.0 Å². The topological polar surface area (TPSA) is 95.0 Å². The highest BCUT2D eigenvalue weighted by atomic mass is 16.5. The molecule has 0 atom stereocenters. The number of nitrogens with zero attached hydrogens (tertiary/aromatic N) is 2. The van der Waals surface area contributed by atoms with Gasteiger partial charge in [0.15, 0.2) is 11.5 Å². The summed E-state index contributed by atoms with van der Waals surface area (Å²) in [5, 5.41) is 0.939. The zero-order chi connectivity index (χ0) is 25.7. The lowest BCUT2D eigenvalue weighted by Gasteiger charge is -2.15. The van der Waals surface area contributed by atoms with Gasteiger partial charge < -0.3 is 19.1 Å². The number of benzene rings is 2.